The number of hydrogen-bond donors (Lipinski definition) is 2. The van der Waals surface area contributed by atoms with E-state index in [1.54, 1.807) is 11.3 Å². The van der Waals surface area contributed by atoms with Gasteiger partial charge in [-0.25, -0.2) is 0 Å². The summed E-state index contributed by atoms with van der Waals surface area (Å²) in [5.74, 6) is 1.53. The van der Waals surface area contributed by atoms with Crippen molar-refractivity contribution >= 4 is 33.1 Å². The molecule has 0 bridgehead atoms. The average Bonchev–Trinajstić information content (AvgIpc) is 3.10. The molecule has 1 saturated carbocycles. The van der Waals surface area contributed by atoms with Crippen LogP contribution in [0.2, 0.25) is 0 Å². The number of benzene rings is 1. The van der Waals surface area contributed by atoms with Gasteiger partial charge in [0.25, 0.3) is 0 Å². The molecule has 0 aliphatic heterocycles. The molecule has 7 nitrogen and oxygen atoms in total. The molecule has 0 unspecified atom stereocenters. The lowest BCUT2D eigenvalue weighted by Gasteiger charge is -2.03. The Kier molecular flexibility index (Phi) is 3.70. The number of carbonyl (C=O) groups is 1. The van der Waals surface area contributed by atoms with Gasteiger partial charge in [-0.3, -0.25) is 4.79 Å². The Morgan fingerprint density at radius 2 is 2.19 bits per heavy atom. The van der Waals surface area contributed by atoms with Gasteiger partial charge in [-0.2, -0.15) is 9.61 Å². The Balaban J connectivity index is 1.19. The number of nitrogens with one attached hydrogen (secondary N) is 2. The standard InChI is InChI=1S/C18H18N6OS/c25-15(9-12-10-20-14-4-2-1-3-13(12)14)19-8-7-16-23-24-17(11-5-6-11)21-22-18(24)26-16/h1-4,10-11,20H,5-9H2,(H,19,25). The molecule has 3 heterocycles. The molecule has 26 heavy (non-hydrogen) atoms. The van der Waals surface area contributed by atoms with E-state index in [4.69, 9.17) is 0 Å². The highest BCUT2D eigenvalue weighted by molar-refractivity contribution is 7.16. The molecule has 0 saturated heterocycles. The maximum Gasteiger partial charge on any atom is 0.234 e. The second-order valence-corrected chi connectivity index (χ2v) is 7.70. The van der Waals surface area contributed by atoms with Crippen molar-refractivity contribution in [1.29, 1.82) is 0 Å². The Labute approximate surface area is 153 Å². The van der Waals surface area contributed by atoms with E-state index in [0.717, 1.165) is 32.3 Å². The van der Waals surface area contributed by atoms with Crippen molar-refractivity contribution in [2.24, 2.45) is 0 Å². The summed E-state index contributed by atoms with van der Waals surface area (Å²) in [4.78, 5) is 16.3. The second kappa shape index (κ2) is 6.21. The summed E-state index contributed by atoms with van der Waals surface area (Å²) in [6, 6.07) is 8.02. The van der Waals surface area contributed by atoms with Gasteiger partial charge in [-0.15, -0.1) is 10.2 Å². The third kappa shape index (κ3) is 2.86. The third-order valence-electron chi connectivity index (χ3n) is 4.69. The van der Waals surface area contributed by atoms with Crippen LogP contribution in [0.25, 0.3) is 15.9 Å². The normalized spacial score (nSPS) is 14.3. The van der Waals surface area contributed by atoms with Gasteiger partial charge in [0, 0.05) is 36.0 Å². The Hall–Kier alpha value is -2.74. The van der Waals surface area contributed by atoms with Gasteiger partial charge in [0.1, 0.15) is 5.01 Å². The number of hydrogen-bond acceptors (Lipinski definition) is 5. The number of amides is 1. The van der Waals surface area contributed by atoms with Gasteiger partial charge in [-0.05, 0) is 24.5 Å². The minimum absolute atomic E-state index is 0.0245. The molecule has 1 aliphatic rings. The van der Waals surface area contributed by atoms with E-state index in [1.807, 2.05) is 35.0 Å². The average molecular weight is 366 g/mol. The van der Waals surface area contributed by atoms with Crippen molar-refractivity contribution in [2.75, 3.05) is 6.54 Å². The number of aromatic amines is 1. The maximum atomic E-state index is 12.2. The minimum atomic E-state index is 0.0245. The number of fused-ring (bicyclic) bond motifs is 2. The number of carbonyl (C=O) groups excluding carboxylic acids is 1. The zero-order chi connectivity index (χ0) is 17.5. The quantitative estimate of drug-likeness (QED) is 0.549. The van der Waals surface area contributed by atoms with Crippen LogP contribution in [0.3, 0.4) is 0 Å². The van der Waals surface area contributed by atoms with Crippen LogP contribution in [0.4, 0.5) is 0 Å². The number of para-hydroxylation sites is 1. The largest absolute Gasteiger partial charge is 0.361 e. The molecule has 8 heteroatoms. The van der Waals surface area contributed by atoms with Crippen LogP contribution in [0, 0.1) is 0 Å². The Bertz CT molecular complexity index is 1090. The summed E-state index contributed by atoms with van der Waals surface area (Å²) in [6.45, 7) is 0.573. The molecule has 132 valence electrons. The molecule has 1 amide bonds. The predicted octanol–water partition coefficient (Wildman–Crippen LogP) is 2.45. The maximum absolute atomic E-state index is 12.2. The molecule has 0 spiro atoms. The summed E-state index contributed by atoms with van der Waals surface area (Å²) in [5.41, 5.74) is 2.08. The lowest BCUT2D eigenvalue weighted by Crippen LogP contribution is -2.27. The minimum Gasteiger partial charge on any atom is -0.361 e. The zero-order valence-corrected chi connectivity index (χ0v) is 14.9. The summed E-state index contributed by atoms with van der Waals surface area (Å²) in [5, 5.41) is 18.1. The number of H-pyrrole nitrogens is 1. The van der Waals surface area contributed by atoms with Gasteiger partial charge in [0.15, 0.2) is 5.82 Å². The van der Waals surface area contributed by atoms with E-state index in [2.05, 4.69) is 25.6 Å². The van der Waals surface area contributed by atoms with Crippen LogP contribution in [0.5, 0.6) is 0 Å². The fourth-order valence-electron chi connectivity index (χ4n) is 3.19. The van der Waals surface area contributed by atoms with Crippen LogP contribution < -0.4 is 5.32 Å². The van der Waals surface area contributed by atoms with E-state index in [1.165, 1.54) is 12.8 Å². The van der Waals surface area contributed by atoms with Crippen LogP contribution in [0.15, 0.2) is 30.5 Å². The third-order valence-corrected chi connectivity index (χ3v) is 5.64. The zero-order valence-electron chi connectivity index (χ0n) is 14.1. The smallest absolute Gasteiger partial charge is 0.234 e. The van der Waals surface area contributed by atoms with Gasteiger partial charge in [0.2, 0.25) is 10.9 Å². The SMILES string of the molecule is O=C(Cc1c[nH]c2ccccc12)NCCc1nn2c(C3CC3)nnc2s1. The Morgan fingerprint density at radius 1 is 1.31 bits per heavy atom. The van der Waals surface area contributed by atoms with Crippen molar-refractivity contribution < 1.29 is 4.79 Å². The van der Waals surface area contributed by atoms with Crippen molar-refractivity contribution in [1.82, 2.24) is 30.1 Å². The highest BCUT2D eigenvalue weighted by Crippen LogP contribution is 2.39. The number of nitrogens with zero attached hydrogens (tertiary/aromatic N) is 4. The van der Waals surface area contributed by atoms with Crippen molar-refractivity contribution in [3.8, 4) is 0 Å². The molecule has 4 aromatic rings. The van der Waals surface area contributed by atoms with Crippen LogP contribution in [0.1, 0.15) is 35.2 Å². The van der Waals surface area contributed by atoms with Crippen LogP contribution in [-0.4, -0.2) is 37.2 Å². The number of rotatable bonds is 6. The number of aromatic nitrogens is 5. The second-order valence-electron chi connectivity index (χ2n) is 6.66. The molecule has 1 fully saturated rings. The van der Waals surface area contributed by atoms with E-state index >= 15 is 0 Å². The van der Waals surface area contributed by atoms with E-state index < -0.39 is 0 Å². The monoisotopic (exact) mass is 366 g/mol. The molecule has 0 atom stereocenters. The van der Waals surface area contributed by atoms with Crippen LogP contribution >= 0.6 is 11.3 Å². The van der Waals surface area contributed by atoms with Gasteiger partial charge in [-0.1, -0.05) is 29.5 Å². The molecule has 1 aliphatic carbocycles. The molecule has 1 aromatic carbocycles. The molecular formula is C18H18N6OS. The molecule has 3 aromatic heterocycles. The van der Waals surface area contributed by atoms with Crippen molar-refractivity contribution in [2.45, 2.75) is 31.6 Å². The Morgan fingerprint density at radius 3 is 3.08 bits per heavy atom. The first-order chi connectivity index (χ1) is 12.8. The highest BCUT2D eigenvalue weighted by Gasteiger charge is 2.29. The van der Waals surface area contributed by atoms with E-state index in [0.29, 0.717) is 25.3 Å². The fraction of sp³-hybridized carbons (Fsp3) is 0.333. The molecule has 0 radical (unpaired) electrons. The lowest BCUT2D eigenvalue weighted by atomic mass is 10.1. The summed E-state index contributed by atoms with van der Waals surface area (Å²) in [6.07, 6.45) is 5.35. The fourth-order valence-corrected chi connectivity index (χ4v) is 4.03. The van der Waals surface area contributed by atoms with Gasteiger partial charge < -0.3 is 10.3 Å². The lowest BCUT2D eigenvalue weighted by molar-refractivity contribution is -0.120. The first-order valence-corrected chi connectivity index (χ1v) is 9.62. The predicted molar refractivity (Wildman–Crippen MR) is 99.4 cm³/mol. The summed E-state index contributed by atoms with van der Waals surface area (Å²) >= 11 is 1.54. The van der Waals surface area contributed by atoms with Crippen LogP contribution in [-0.2, 0) is 17.6 Å². The molecule has 2 N–H and O–H groups in total. The topological polar surface area (TPSA) is 88.0 Å². The highest BCUT2D eigenvalue weighted by atomic mass is 32.1. The van der Waals surface area contributed by atoms with E-state index in [-0.39, 0.29) is 5.91 Å². The first-order valence-electron chi connectivity index (χ1n) is 8.80. The van der Waals surface area contributed by atoms with Gasteiger partial charge in [0.05, 0.1) is 6.42 Å². The van der Waals surface area contributed by atoms with Crippen molar-refractivity contribution in [3.05, 3.63) is 46.9 Å². The first kappa shape index (κ1) is 15.5. The molecular weight excluding hydrogens is 348 g/mol. The van der Waals surface area contributed by atoms with E-state index in [9.17, 15) is 4.79 Å². The summed E-state index contributed by atoms with van der Waals surface area (Å²) in [7, 11) is 0. The van der Waals surface area contributed by atoms with Crippen molar-refractivity contribution in [3.63, 3.8) is 0 Å². The molecule has 5 rings (SSSR count). The van der Waals surface area contributed by atoms with Gasteiger partial charge >= 0.3 is 0 Å². The summed E-state index contributed by atoms with van der Waals surface area (Å²) < 4.78 is 1.87.